The minimum Gasteiger partial charge on any atom is -0.490 e. The first-order valence-electron chi connectivity index (χ1n) is 12.8. The number of fused-ring (bicyclic) bond motifs is 3. The fourth-order valence-corrected chi connectivity index (χ4v) is 5.09. The Hall–Kier alpha value is -3.41. The monoisotopic (exact) mass is 505 g/mol. The summed E-state index contributed by atoms with van der Waals surface area (Å²) in [4.78, 5) is 30.2. The van der Waals surface area contributed by atoms with Crippen molar-refractivity contribution in [3.05, 3.63) is 65.2 Å². The number of methoxy groups -OCH3 is 1. The van der Waals surface area contributed by atoms with Gasteiger partial charge in [-0.05, 0) is 43.0 Å². The molecule has 4 atom stereocenters. The van der Waals surface area contributed by atoms with Crippen molar-refractivity contribution in [2.24, 2.45) is 0 Å². The second-order valence-electron chi connectivity index (χ2n) is 9.88. The minimum absolute atomic E-state index is 0.0127. The van der Waals surface area contributed by atoms with Crippen LogP contribution in [0, 0.1) is 11.3 Å². The predicted molar refractivity (Wildman–Crippen MR) is 138 cm³/mol. The summed E-state index contributed by atoms with van der Waals surface area (Å²) in [6.45, 7) is 1.15. The zero-order chi connectivity index (χ0) is 26.4. The average molecular weight is 506 g/mol. The van der Waals surface area contributed by atoms with Crippen LogP contribution in [0.1, 0.15) is 53.1 Å². The highest BCUT2D eigenvalue weighted by molar-refractivity contribution is 5.97. The number of nitrogens with zero attached hydrogens (tertiary/aromatic N) is 3. The first-order valence-corrected chi connectivity index (χ1v) is 12.8. The van der Waals surface area contributed by atoms with Crippen LogP contribution < -0.4 is 4.74 Å². The first kappa shape index (κ1) is 26.6. The van der Waals surface area contributed by atoms with E-state index in [1.54, 1.807) is 42.2 Å². The molecule has 1 saturated heterocycles. The molecule has 0 saturated carbocycles. The lowest BCUT2D eigenvalue weighted by molar-refractivity contribution is -0.145. The van der Waals surface area contributed by atoms with Gasteiger partial charge in [0, 0.05) is 46.6 Å². The van der Waals surface area contributed by atoms with Gasteiger partial charge in [0.05, 0.1) is 29.4 Å². The van der Waals surface area contributed by atoms with Crippen LogP contribution in [0.25, 0.3) is 0 Å². The van der Waals surface area contributed by atoms with Gasteiger partial charge in [-0.3, -0.25) is 9.59 Å². The minimum atomic E-state index is -0.309. The Morgan fingerprint density at radius 2 is 1.81 bits per heavy atom. The van der Waals surface area contributed by atoms with Crippen LogP contribution in [0.2, 0.25) is 0 Å². The van der Waals surface area contributed by atoms with Gasteiger partial charge in [0.15, 0.2) is 0 Å². The molecule has 2 heterocycles. The number of rotatable bonds is 2. The molecule has 8 nitrogen and oxygen atoms in total. The highest BCUT2D eigenvalue weighted by Crippen LogP contribution is 2.29. The molecular formula is C29H35N3O5. The SMILES string of the molecule is CO[C@@H]1CC[C@@H]2CCN(C)C(=O)C[C@@H](c3ccccc3)CN(C)C(=O)c3cc(C#N)ccc3OC[C@@H]1O2. The standard InChI is InChI=1S/C29H35N3O5/c1-31-14-13-23-10-12-26(35-3)27(37-23)19-36-25-11-9-20(17-30)15-24(25)29(34)32(2)18-22(16-28(31)33)21-7-5-4-6-8-21/h4-9,11,15,22-23,26-27H,10,12-14,16,18-19H2,1-3H3/t22-,23-,26-,27+/m1/s1. The van der Waals surface area contributed by atoms with Crippen molar-refractivity contribution in [3.8, 4) is 11.8 Å². The number of hydrogen-bond donors (Lipinski definition) is 0. The molecule has 0 spiro atoms. The zero-order valence-electron chi connectivity index (χ0n) is 21.8. The molecule has 2 aliphatic rings. The normalized spacial score (nSPS) is 25.7. The maximum atomic E-state index is 13.6. The Balaban J connectivity index is 1.68. The number of carbonyl (C=O) groups is 2. The van der Waals surface area contributed by atoms with Gasteiger partial charge in [-0.15, -0.1) is 0 Å². The van der Waals surface area contributed by atoms with E-state index in [1.165, 1.54) is 0 Å². The van der Waals surface area contributed by atoms with Crippen molar-refractivity contribution >= 4 is 11.8 Å². The summed E-state index contributed by atoms with van der Waals surface area (Å²) in [7, 11) is 5.20. The molecular weight excluding hydrogens is 470 g/mol. The summed E-state index contributed by atoms with van der Waals surface area (Å²) in [5.74, 6) is -0.0269. The molecule has 1 fully saturated rings. The summed E-state index contributed by atoms with van der Waals surface area (Å²) in [5, 5.41) is 9.46. The van der Waals surface area contributed by atoms with Crippen LogP contribution in [0.5, 0.6) is 5.75 Å². The van der Waals surface area contributed by atoms with E-state index < -0.39 is 0 Å². The van der Waals surface area contributed by atoms with Gasteiger partial charge < -0.3 is 24.0 Å². The topological polar surface area (TPSA) is 92.1 Å². The number of nitriles is 1. The second kappa shape index (κ2) is 12.2. The van der Waals surface area contributed by atoms with Crippen LogP contribution in [-0.2, 0) is 14.3 Å². The van der Waals surface area contributed by atoms with Crippen LogP contribution in [0.3, 0.4) is 0 Å². The second-order valence-corrected chi connectivity index (χ2v) is 9.88. The summed E-state index contributed by atoms with van der Waals surface area (Å²) < 4.78 is 18.1. The van der Waals surface area contributed by atoms with E-state index in [4.69, 9.17) is 14.2 Å². The van der Waals surface area contributed by atoms with E-state index >= 15 is 0 Å². The van der Waals surface area contributed by atoms with Gasteiger partial charge in [0.1, 0.15) is 18.5 Å². The molecule has 2 aliphatic heterocycles. The molecule has 8 heteroatoms. The molecule has 196 valence electrons. The lowest BCUT2D eigenvalue weighted by atomic mass is 9.94. The quantitative estimate of drug-likeness (QED) is 0.619. The molecule has 2 bridgehead atoms. The number of benzene rings is 2. The Labute approximate surface area is 218 Å². The highest BCUT2D eigenvalue weighted by Gasteiger charge is 2.33. The number of carbonyl (C=O) groups excluding carboxylic acids is 2. The number of hydrogen-bond acceptors (Lipinski definition) is 6. The Morgan fingerprint density at radius 3 is 2.54 bits per heavy atom. The van der Waals surface area contributed by atoms with Gasteiger partial charge in [0.2, 0.25) is 5.91 Å². The summed E-state index contributed by atoms with van der Waals surface area (Å²) in [6, 6.07) is 16.8. The van der Waals surface area contributed by atoms with Crippen LogP contribution in [-0.4, -0.2) is 80.8 Å². The van der Waals surface area contributed by atoms with Crippen LogP contribution in [0.15, 0.2) is 48.5 Å². The van der Waals surface area contributed by atoms with Crippen molar-refractivity contribution in [2.45, 2.75) is 49.9 Å². The predicted octanol–water partition coefficient (Wildman–Crippen LogP) is 3.61. The molecule has 0 N–H and O–H groups in total. The number of amides is 2. The molecule has 0 radical (unpaired) electrons. The van der Waals surface area contributed by atoms with Crippen molar-refractivity contribution in [1.82, 2.24) is 9.80 Å². The third-order valence-electron chi connectivity index (χ3n) is 7.35. The first-order chi connectivity index (χ1) is 17.9. The molecule has 2 aromatic rings. The molecule has 2 amide bonds. The molecule has 0 aromatic heterocycles. The van der Waals surface area contributed by atoms with Gasteiger partial charge in [-0.25, -0.2) is 0 Å². The fourth-order valence-electron chi connectivity index (χ4n) is 5.09. The smallest absolute Gasteiger partial charge is 0.257 e. The van der Waals surface area contributed by atoms with E-state index in [1.807, 2.05) is 37.4 Å². The van der Waals surface area contributed by atoms with E-state index in [0.29, 0.717) is 30.0 Å². The van der Waals surface area contributed by atoms with Gasteiger partial charge >= 0.3 is 0 Å². The highest BCUT2D eigenvalue weighted by atomic mass is 16.6. The van der Waals surface area contributed by atoms with E-state index in [0.717, 1.165) is 24.8 Å². The van der Waals surface area contributed by atoms with Gasteiger partial charge in [0.25, 0.3) is 5.91 Å². The molecule has 0 unspecified atom stereocenters. The average Bonchev–Trinajstić information content (AvgIpc) is 2.93. The van der Waals surface area contributed by atoms with Crippen LogP contribution in [0.4, 0.5) is 0 Å². The number of likely N-dealkylation sites (N-methyl/N-ethyl adjacent to an activating group) is 1. The molecule has 0 aliphatic carbocycles. The van der Waals surface area contributed by atoms with E-state index in [2.05, 4.69) is 6.07 Å². The summed E-state index contributed by atoms with van der Waals surface area (Å²) in [5.41, 5.74) is 1.68. The molecule has 2 aromatic carbocycles. The van der Waals surface area contributed by atoms with Crippen LogP contribution >= 0.6 is 0 Å². The third kappa shape index (κ3) is 6.48. The lowest BCUT2D eigenvalue weighted by Gasteiger charge is -2.36. The van der Waals surface area contributed by atoms with Gasteiger partial charge in [-0.1, -0.05) is 30.3 Å². The fraction of sp³-hybridized carbons (Fsp3) is 0.483. The lowest BCUT2D eigenvalue weighted by Crippen LogP contribution is -2.44. The summed E-state index contributed by atoms with van der Waals surface area (Å²) >= 11 is 0. The Kier molecular flexibility index (Phi) is 8.80. The van der Waals surface area contributed by atoms with Crippen molar-refractivity contribution in [3.63, 3.8) is 0 Å². The van der Waals surface area contributed by atoms with E-state index in [-0.39, 0.29) is 49.1 Å². The van der Waals surface area contributed by atoms with Crippen molar-refractivity contribution < 1.29 is 23.8 Å². The van der Waals surface area contributed by atoms with Gasteiger partial charge in [-0.2, -0.15) is 5.26 Å². The molecule has 4 rings (SSSR count). The summed E-state index contributed by atoms with van der Waals surface area (Å²) in [6.07, 6.45) is 2.23. The largest absolute Gasteiger partial charge is 0.490 e. The third-order valence-corrected chi connectivity index (χ3v) is 7.35. The molecule has 37 heavy (non-hydrogen) atoms. The number of ether oxygens (including phenoxy) is 3. The Bertz CT molecular complexity index is 1130. The van der Waals surface area contributed by atoms with Crippen molar-refractivity contribution in [2.75, 3.05) is 40.9 Å². The maximum absolute atomic E-state index is 13.6. The van der Waals surface area contributed by atoms with Crippen molar-refractivity contribution in [1.29, 1.82) is 5.26 Å². The van der Waals surface area contributed by atoms with E-state index in [9.17, 15) is 14.9 Å². The Morgan fingerprint density at radius 1 is 1.03 bits per heavy atom. The maximum Gasteiger partial charge on any atom is 0.257 e. The zero-order valence-corrected chi connectivity index (χ0v) is 21.8.